The van der Waals surface area contributed by atoms with Gasteiger partial charge in [0.05, 0.1) is 13.7 Å². The molecule has 7 nitrogen and oxygen atoms in total. The second kappa shape index (κ2) is 6.58. The second-order valence-electron chi connectivity index (χ2n) is 3.50. The van der Waals surface area contributed by atoms with E-state index in [-0.39, 0.29) is 13.2 Å². The van der Waals surface area contributed by atoms with Gasteiger partial charge in [0, 0.05) is 6.54 Å². The third-order valence-corrected chi connectivity index (χ3v) is 2.23. The van der Waals surface area contributed by atoms with E-state index in [9.17, 15) is 9.59 Å². The van der Waals surface area contributed by atoms with Gasteiger partial charge in [-0.3, -0.25) is 15.0 Å². The molecule has 0 bridgehead atoms. The first-order chi connectivity index (χ1) is 8.60. The molecule has 0 aliphatic heterocycles. The van der Waals surface area contributed by atoms with Crippen LogP contribution < -0.4 is 21.3 Å². The molecule has 0 aromatic heterocycles. The quantitative estimate of drug-likeness (QED) is 0.233. The van der Waals surface area contributed by atoms with E-state index in [4.69, 9.17) is 15.7 Å². The van der Waals surface area contributed by atoms with Gasteiger partial charge in [-0.15, -0.1) is 0 Å². The van der Waals surface area contributed by atoms with E-state index in [1.807, 2.05) is 0 Å². The highest BCUT2D eigenvalue weighted by atomic mass is 16.5. The molecule has 5 N–H and O–H groups in total. The molecule has 1 rings (SSSR count). The summed E-state index contributed by atoms with van der Waals surface area (Å²) in [6.07, 6.45) is 0. The van der Waals surface area contributed by atoms with Gasteiger partial charge < -0.3 is 15.2 Å². The molecule has 0 aliphatic rings. The van der Waals surface area contributed by atoms with Crippen LogP contribution in [-0.4, -0.2) is 24.0 Å². The third-order valence-electron chi connectivity index (χ3n) is 2.23. The smallest absolute Gasteiger partial charge is 0.323 e. The van der Waals surface area contributed by atoms with E-state index in [0.29, 0.717) is 16.9 Å². The van der Waals surface area contributed by atoms with Gasteiger partial charge in [0.15, 0.2) is 0 Å². The Balaban J connectivity index is 2.72. The van der Waals surface area contributed by atoms with Crippen LogP contribution in [0.25, 0.3) is 0 Å². The topological polar surface area (TPSA) is 114 Å². The fraction of sp³-hybridized carbons (Fsp3) is 0.273. The molecule has 0 saturated heterocycles. The maximum atomic E-state index is 11.2. The van der Waals surface area contributed by atoms with E-state index in [0.717, 1.165) is 0 Å². The van der Waals surface area contributed by atoms with E-state index in [1.165, 1.54) is 7.11 Å². The summed E-state index contributed by atoms with van der Waals surface area (Å²) in [5.41, 5.74) is 3.09. The number of amides is 2. The number of hydrogen-bond donors (Lipinski definition) is 4. The minimum atomic E-state index is -0.916. The van der Waals surface area contributed by atoms with Crippen molar-refractivity contribution in [3.05, 3.63) is 29.3 Å². The molecule has 2 amide bonds. The van der Waals surface area contributed by atoms with Crippen molar-refractivity contribution < 1.29 is 19.4 Å². The number of nitrogens with one attached hydrogen (secondary N) is 2. The summed E-state index contributed by atoms with van der Waals surface area (Å²) >= 11 is 0. The SMILES string of the molecule is COc1cc(CO)cc(CNC(=O)C(=O)NN)c1. The van der Waals surface area contributed by atoms with Crippen molar-refractivity contribution in [1.82, 2.24) is 10.7 Å². The van der Waals surface area contributed by atoms with Gasteiger partial charge >= 0.3 is 11.8 Å². The van der Waals surface area contributed by atoms with Crippen molar-refractivity contribution in [3.8, 4) is 5.75 Å². The zero-order valence-corrected chi connectivity index (χ0v) is 9.90. The molecule has 1 aromatic carbocycles. The summed E-state index contributed by atoms with van der Waals surface area (Å²) in [6, 6.07) is 5.07. The van der Waals surface area contributed by atoms with Crippen LogP contribution in [0.2, 0.25) is 0 Å². The molecule has 0 spiro atoms. The first kappa shape index (κ1) is 13.9. The first-order valence-corrected chi connectivity index (χ1v) is 5.17. The molecule has 0 fully saturated rings. The molecule has 0 aliphatic carbocycles. The molecule has 0 radical (unpaired) electrons. The van der Waals surface area contributed by atoms with Crippen LogP contribution in [0, 0.1) is 0 Å². The van der Waals surface area contributed by atoms with Crippen molar-refractivity contribution >= 4 is 11.8 Å². The number of aliphatic hydroxyl groups is 1. The zero-order chi connectivity index (χ0) is 13.5. The van der Waals surface area contributed by atoms with Crippen LogP contribution in [-0.2, 0) is 22.7 Å². The van der Waals surface area contributed by atoms with Gasteiger partial charge in [0.1, 0.15) is 5.75 Å². The number of hydrazine groups is 1. The predicted molar refractivity (Wildman–Crippen MR) is 63.1 cm³/mol. The van der Waals surface area contributed by atoms with Gasteiger partial charge in [-0.2, -0.15) is 0 Å². The molecule has 0 atom stereocenters. The largest absolute Gasteiger partial charge is 0.497 e. The summed E-state index contributed by atoms with van der Waals surface area (Å²) in [7, 11) is 1.50. The molecule has 98 valence electrons. The molecule has 7 heteroatoms. The normalized spacial score (nSPS) is 9.72. The van der Waals surface area contributed by atoms with Crippen LogP contribution >= 0.6 is 0 Å². The van der Waals surface area contributed by atoms with Crippen LogP contribution in [0.4, 0.5) is 0 Å². The highest BCUT2D eigenvalue weighted by Crippen LogP contribution is 2.16. The Morgan fingerprint density at radius 2 is 1.94 bits per heavy atom. The number of benzene rings is 1. The summed E-state index contributed by atoms with van der Waals surface area (Å²) in [5, 5.41) is 11.4. The highest BCUT2D eigenvalue weighted by molar-refractivity contribution is 6.34. The van der Waals surface area contributed by atoms with Crippen molar-refractivity contribution in [2.45, 2.75) is 13.2 Å². The van der Waals surface area contributed by atoms with E-state index < -0.39 is 11.8 Å². The molecule has 1 aromatic rings. The minimum absolute atomic E-state index is 0.135. The van der Waals surface area contributed by atoms with Crippen molar-refractivity contribution in [2.75, 3.05) is 7.11 Å². The fourth-order valence-corrected chi connectivity index (χ4v) is 1.37. The lowest BCUT2D eigenvalue weighted by atomic mass is 10.1. The van der Waals surface area contributed by atoms with E-state index in [1.54, 1.807) is 23.6 Å². The number of nitrogens with two attached hydrogens (primary N) is 1. The van der Waals surface area contributed by atoms with Gasteiger partial charge in [0.25, 0.3) is 0 Å². The van der Waals surface area contributed by atoms with Crippen LogP contribution in [0.5, 0.6) is 5.75 Å². The van der Waals surface area contributed by atoms with Gasteiger partial charge in [-0.25, -0.2) is 5.84 Å². The van der Waals surface area contributed by atoms with E-state index in [2.05, 4.69) is 5.32 Å². The van der Waals surface area contributed by atoms with Crippen LogP contribution in [0.3, 0.4) is 0 Å². The predicted octanol–water partition coefficient (Wildman–Crippen LogP) is -1.21. The number of carbonyl (C=O) groups is 2. The molecular formula is C11H15N3O4. The summed E-state index contributed by atoms with van der Waals surface area (Å²) in [5.74, 6) is 3.64. The summed E-state index contributed by atoms with van der Waals surface area (Å²) in [6.45, 7) is -0.00210. The first-order valence-electron chi connectivity index (χ1n) is 5.17. The average Bonchev–Trinajstić information content (AvgIpc) is 2.43. The minimum Gasteiger partial charge on any atom is -0.497 e. The Morgan fingerprint density at radius 3 is 2.50 bits per heavy atom. The number of aliphatic hydroxyl groups excluding tert-OH is 1. The highest BCUT2D eigenvalue weighted by Gasteiger charge is 2.11. The molecule has 0 unspecified atom stereocenters. The lowest BCUT2D eigenvalue weighted by Gasteiger charge is -2.08. The molecule has 18 heavy (non-hydrogen) atoms. The van der Waals surface area contributed by atoms with Crippen molar-refractivity contribution in [2.24, 2.45) is 5.84 Å². The Hall–Kier alpha value is -2.12. The van der Waals surface area contributed by atoms with Crippen molar-refractivity contribution in [3.63, 3.8) is 0 Å². The maximum absolute atomic E-state index is 11.2. The molecule has 0 heterocycles. The lowest BCUT2D eigenvalue weighted by Crippen LogP contribution is -2.42. The summed E-state index contributed by atoms with van der Waals surface area (Å²) in [4.78, 5) is 22.0. The monoisotopic (exact) mass is 253 g/mol. The fourth-order valence-electron chi connectivity index (χ4n) is 1.37. The van der Waals surface area contributed by atoms with Gasteiger partial charge in [0.2, 0.25) is 0 Å². The molecular weight excluding hydrogens is 238 g/mol. The lowest BCUT2D eigenvalue weighted by molar-refractivity contribution is -0.139. The Morgan fingerprint density at radius 1 is 1.28 bits per heavy atom. The van der Waals surface area contributed by atoms with Crippen molar-refractivity contribution in [1.29, 1.82) is 0 Å². The number of carbonyl (C=O) groups excluding carboxylic acids is 2. The van der Waals surface area contributed by atoms with Crippen LogP contribution in [0.1, 0.15) is 11.1 Å². The Bertz CT molecular complexity index is 426. The summed E-state index contributed by atoms with van der Waals surface area (Å²) < 4.78 is 5.05. The van der Waals surface area contributed by atoms with E-state index >= 15 is 0 Å². The number of ether oxygens (including phenoxy) is 1. The van der Waals surface area contributed by atoms with Crippen LogP contribution in [0.15, 0.2) is 18.2 Å². The maximum Gasteiger partial charge on any atom is 0.323 e. The number of rotatable bonds is 4. The Kier molecular flexibility index (Phi) is 5.09. The van der Waals surface area contributed by atoms with Gasteiger partial charge in [-0.1, -0.05) is 6.07 Å². The number of methoxy groups -OCH3 is 1. The molecule has 0 saturated carbocycles. The zero-order valence-electron chi connectivity index (χ0n) is 9.90. The standard InChI is InChI=1S/C11H15N3O4/c1-18-9-3-7(2-8(4-9)6-15)5-13-10(16)11(17)14-12/h2-4,15H,5-6,12H2,1H3,(H,13,16)(H,14,17). The van der Waals surface area contributed by atoms with Gasteiger partial charge in [-0.05, 0) is 23.3 Å². The second-order valence-corrected chi connectivity index (χ2v) is 3.50. The third kappa shape index (κ3) is 3.72. The number of hydrogen-bond acceptors (Lipinski definition) is 5. The average molecular weight is 253 g/mol. The Labute approximate surface area is 104 Å².